The molecule has 0 radical (unpaired) electrons. The van der Waals surface area contributed by atoms with E-state index in [1.807, 2.05) is 30.3 Å². The summed E-state index contributed by atoms with van der Waals surface area (Å²) in [7, 11) is 2.15. The van der Waals surface area contributed by atoms with E-state index in [4.69, 9.17) is 9.73 Å². The number of para-hydroxylation sites is 2. The number of benzene rings is 2. The first kappa shape index (κ1) is 23.7. The summed E-state index contributed by atoms with van der Waals surface area (Å²) in [6.45, 7) is 5.99. The Morgan fingerprint density at radius 1 is 1.12 bits per heavy atom. The van der Waals surface area contributed by atoms with Crippen molar-refractivity contribution in [3.63, 3.8) is 0 Å². The van der Waals surface area contributed by atoms with Gasteiger partial charge in [-0.25, -0.2) is 9.79 Å². The summed E-state index contributed by atoms with van der Waals surface area (Å²) in [5, 5.41) is 4.72. The van der Waals surface area contributed by atoms with Crippen molar-refractivity contribution in [2.45, 2.75) is 6.92 Å². The monoisotopic (exact) mass is 574 g/mol. The van der Waals surface area contributed by atoms with Crippen LogP contribution in [-0.2, 0) is 4.74 Å². The van der Waals surface area contributed by atoms with E-state index in [2.05, 4.69) is 42.4 Å². The molecule has 33 heavy (non-hydrogen) atoms. The molecular formula is C25H27IN4O2S. The van der Waals surface area contributed by atoms with Crippen LogP contribution >= 0.6 is 11.3 Å². The summed E-state index contributed by atoms with van der Waals surface area (Å²) in [5.74, 6) is 0.760. The zero-order valence-electron chi connectivity index (χ0n) is 18.8. The fourth-order valence-electron chi connectivity index (χ4n) is 4.15. The van der Waals surface area contributed by atoms with Crippen molar-refractivity contribution < 1.29 is 38.0 Å². The summed E-state index contributed by atoms with van der Waals surface area (Å²) < 4.78 is 6.35. The third kappa shape index (κ3) is 5.07. The van der Waals surface area contributed by atoms with E-state index < -0.39 is 0 Å². The number of carbonyl (C=O) groups is 1. The number of esters is 1. The van der Waals surface area contributed by atoms with Crippen molar-refractivity contribution in [2.24, 2.45) is 4.99 Å². The minimum atomic E-state index is -0.262. The van der Waals surface area contributed by atoms with Crippen LogP contribution in [-0.4, -0.2) is 61.1 Å². The molecule has 0 amide bonds. The van der Waals surface area contributed by atoms with E-state index in [0.717, 1.165) is 54.0 Å². The zero-order chi connectivity index (χ0) is 22.1. The molecule has 1 saturated heterocycles. The van der Waals surface area contributed by atoms with E-state index in [1.165, 1.54) is 4.88 Å². The molecule has 172 valence electrons. The van der Waals surface area contributed by atoms with Gasteiger partial charge in [0, 0.05) is 4.88 Å². The summed E-state index contributed by atoms with van der Waals surface area (Å²) in [6.07, 6.45) is 0. The van der Waals surface area contributed by atoms with Gasteiger partial charge < -0.3 is 38.9 Å². The number of nitrogens with one attached hydrogen (secondary N) is 1. The van der Waals surface area contributed by atoms with Gasteiger partial charge in [-0.05, 0) is 37.3 Å². The van der Waals surface area contributed by atoms with Crippen LogP contribution in [0.1, 0.15) is 20.8 Å². The average molecular weight is 574 g/mol. The molecule has 8 heteroatoms. The van der Waals surface area contributed by atoms with Crippen LogP contribution in [0, 0.1) is 6.92 Å². The highest BCUT2D eigenvalue weighted by Gasteiger charge is 2.33. The van der Waals surface area contributed by atoms with Crippen molar-refractivity contribution >= 4 is 39.5 Å². The second-order valence-corrected chi connectivity index (χ2v) is 9.91. The molecular weight excluding hydrogens is 547 g/mol. The highest BCUT2D eigenvalue weighted by molar-refractivity contribution is 7.16. The summed E-state index contributed by atoms with van der Waals surface area (Å²) >= 11 is 1.76. The molecule has 2 aromatic carbocycles. The second-order valence-electron chi connectivity index (χ2n) is 8.66. The van der Waals surface area contributed by atoms with E-state index in [-0.39, 0.29) is 29.9 Å². The number of aliphatic imine (C=N–C) groups is 1. The molecule has 0 saturated carbocycles. The molecule has 0 aliphatic carbocycles. The zero-order valence-corrected chi connectivity index (χ0v) is 21.7. The number of halogens is 1. The summed E-state index contributed by atoms with van der Waals surface area (Å²) in [5.41, 5.74) is 3.76. The van der Waals surface area contributed by atoms with E-state index in [0.29, 0.717) is 16.8 Å². The molecule has 0 atom stereocenters. The summed E-state index contributed by atoms with van der Waals surface area (Å²) in [6, 6.07) is 19.6. The lowest BCUT2D eigenvalue weighted by atomic mass is 10.2. The van der Waals surface area contributed by atoms with Crippen LogP contribution in [0.3, 0.4) is 0 Å². The quantitative estimate of drug-likeness (QED) is 0.295. The number of hydrogen-bond donors (Lipinski definition) is 1. The van der Waals surface area contributed by atoms with Crippen LogP contribution in [0.15, 0.2) is 65.7 Å². The largest absolute Gasteiger partial charge is 1.00 e. The first-order chi connectivity index (χ1) is 15.5. The van der Waals surface area contributed by atoms with Crippen LogP contribution in [0.2, 0.25) is 0 Å². The molecule has 0 spiro atoms. The van der Waals surface area contributed by atoms with Crippen molar-refractivity contribution in [3.05, 3.63) is 76.7 Å². The number of quaternary nitrogens is 1. The van der Waals surface area contributed by atoms with Gasteiger partial charge in [0.25, 0.3) is 0 Å². The predicted octanol–water partition coefficient (Wildman–Crippen LogP) is 1.77. The fourth-order valence-corrected chi connectivity index (χ4v) is 5.07. The predicted molar refractivity (Wildman–Crippen MR) is 129 cm³/mol. The maximum Gasteiger partial charge on any atom is 0.342 e. The van der Waals surface area contributed by atoms with E-state index in [1.54, 1.807) is 23.5 Å². The van der Waals surface area contributed by atoms with Crippen LogP contribution in [0.5, 0.6) is 0 Å². The molecule has 2 aliphatic heterocycles. The number of anilines is 2. The Morgan fingerprint density at radius 3 is 2.58 bits per heavy atom. The minimum Gasteiger partial charge on any atom is -1.00 e. The second kappa shape index (κ2) is 9.82. The Kier molecular flexibility index (Phi) is 7.06. The normalized spacial score (nSPS) is 16.3. The van der Waals surface area contributed by atoms with Gasteiger partial charge in [0.15, 0.2) is 0 Å². The molecule has 3 heterocycles. The molecule has 6 nitrogen and oxygen atoms in total. The third-order valence-corrected chi connectivity index (χ3v) is 7.08. The standard InChI is InChI=1S/C25H27N4O2S.HI/c1-18-16-20-23(26-21-10-6-7-11-22(21)27-24(20)32-18)28-12-14-29(2,15-13-28)17-31-25(30)19-8-4-3-5-9-19;/h3-11,16,27H,12-15,17H2,1-2H3;1H/q+1;/p-1. The first-order valence-corrected chi connectivity index (χ1v) is 11.7. The molecule has 3 aromatic rings. The fraction of sp³-hybridized carbons (Fsp3) is 0.280. The number of piperazine rings is 1. The Hall–Kier alpha value is -2.43. The molecule has 2 aliphatic rings. The molecule has 0 bridgehead atoms. The summed E-state index contributed by atoms with van der Waals surface area (Å²) in [4.78, 5) is 21.1. The average Bonchev–Trinajstić information content (AvgIpc) is 3.10. The van der Waals surface area contributed by atoms with Crippen molar-refractivity contribution in [3.8, 4) is 0 Å². The number of rotatable bonds is 3. The number of amidine groups is 1. The third-order valence-electron chi connectivity index (χ3n) is 6.11. The number of likely N-dealkylation sites (N-methyl/N-ethyl adjacent to an activating group) is 1. The number of nitrogens with zero attached hydrogens (tertiary/aromatic N) is 3. The van der Waals surface area contributed by atoms with Gasteiger partial charge in [0.1, 0.15) is 10.8 Å². The maximum atomic E-state index is 12.4. The first-order valence-electron chi connectivity index (χ1n) is 10.9. The number of aryl methyl sites for hydroxylation is 1. The Balaban J connectivity index is 0.00000259. The SMILES string of the molecule is Cc1cc2c(s1)Nc1ccccc1N=C2N1CC[N+](C)(COC(=O)c2ccccc2)CC1.[I-]. The number of ether oxygens (including phenoxy) is 1. The Morgan fingerprint density at radius 2 is 1.82 bits per heavy atom. The molecule has 0 unspecified atom stereocenters. The van der Waals surface area contributed by atoms with Gasteiger partial charge in [-0.15, -0.1) is 11.3 Å². The van der Waals surface area contributed by atoms with Crippen LogP contribution in [0.4, 0.5) is 16.4 Å². The van der Waals surface area contributed by atoms with Gasteiger partial charge in [0.05, 0.1) is 55.7 Å². The van der Waals surface area contributed by atoms with E-state index in [9.17, 15) is 4.79 Å². The van der Waals surface area contributed by atoms with Crippen molar-refractivity contribution in [1.82, 2.24) is 4.90 Å². The number of fused-ring (bicyclic) bond motifs is 2. The highest BCUT2D eigenvalue weighted by Crippen LogP contribution is 2.39. The lowest BCUT2D eigenvalue weighted by Gasteiger charge is -2.42. The number of carbonyl (C=O) groups excluding carboxylic acids is 1. The van der Waals surface area contributed by atoms with E-state index >= 15 is 0 Å². The lowest BCUT2D eigenvalue weighted by Crippen LogP contribution is -3.00. The van der Waals surface area contributed by atoms with Gasteiger partial charge in [0.2, 0.25) is 6.73 Å². The van der Waals surface area contributed by atoms with Crippen LogP contribution in [0.25, 0.3) is 0 Å². The lowest BCUT2D eigenvalue weighted by molar-refractivity contribution is -0.928. The minimum absolute atomic E-state index is 0. The Labute approximate surface area is 215 Å². The number of hydrogen-bond acceptors (Lipinski definition) is 6. The van der Waals surface area contributed by atoms with Gasteiger partial charge >= 0.3 is 5.97 Å². The highest BCUT2D eigenvalue weighted by atomic mass is 127. The topological polar surface area (TPSA) is 53.9 Å². The maximum absolute atomic E-state index is 12.4. The molecule has 1 fully saturated rings. The Bertz CT molecular complexity index is 1170. The molecule has 5 rings (SSSR count). The van der Waals surface area contributed by atoms with Gasteiger partial charge in [-0.1, -0.05) is 30.3 Å². The number of thiophene rings is 1. The molecule has 1 N–H and O–H groups in total. The van der Waals surface area contributed by atoms with Crippen molar-refractivity contribution in [2.75, 3.05) is 45.3 Å². The van der Waals surface area contributed by atoms with Crippen molar-refractivity contribution in [1.29, 1.82) is 0 Å². The van der Waals surface area contributed by atoms with Gasteiger partial charge in [-0.2, -0.15) is 0 Å². The molecule has 1 aromatic heterocycles. The van der Waals surface area contributed by atoms with Crippen LogP contribution < -0.4 is 29.3 Å². The van der Waals surface area contributed by atoms with Gasteiger partial charge in [-0.3, -0.25) is 4.48 Å². The smallest absolute Gasteiger partial charge is 0.342 e.